The van der Waals surface area contributed by atoms with Crippen molar-refractivity contribution < 1.29 is 44.9 Å². The summed E-state index contributed by atoms with van der Waals surface area (Å²) >= 11 is 0. The van der Waals surface area contributed by atoms with E-state index in [1.807, 2.05) is 0 Å². The quantitative estimate of drug-likeness (QED) is 0.0572. The maximum atomic E-state index is 12.8. The second kappa shape index (κ2) is 27.1. The van der Waals surface area contributed by atoms with Crippen molar-refractivity contribution in [1.82, 2.24) is 5.32 Å². The molecular weight excluding hydrogens is 578 g/mol. The summed E-state index contributed by atoms with van der Waals surface area (Å²) in [5, 5.41) is 64.6. The fraction of sp³-hybridized carbons (Fsp3) is 0.971. The van der Waals surface area contributed by atoms with E-state index in [1.165, 1.54) is 77.0 Å². The Kier molecular flexibility index (Phi) is 25.4. The van der Waals surface area contributed by atoms with Gasteiger partial charge in [-0.15, -0.1) is 0 Å². The van der Waals surface area contributed by atoms with Crippen molar-refractivity contribution in [1.29, 1.82) is 0 Å². The molecule has 1 aliphatic heterocycles. The number of hydrogen-bond acceptors (Lipinski definition) is 9. The molecule has 0 aromatic rings. The Bertz CT molecular complexity index is 698. The first kappa shape index (κ1) is 42.2. The van der Waals surface area contributed by atoms with Crippen LogP contribution in [0, 0.1) is 0 Å². The van der Waals surface area contributed by atoms with Gasteiger partial charge in [0, 0.05) is 6.42 Å². The minimum atomic E-state index is -1.60. The molecule has 8 atom stereocenters. The highest BCUT2D eigenvalue weighted by Gasteiger charge is 2.44. The molecule has 1 aliphatic rings. The van der Waals surface area contributed by atoms with Crippen molar-refractivity contribution in [3.05, 3.63) is 0 Å². The Morgan fingerprint density at radius 3 is 1.64 bits per heavy atom. The highest BCUT2D eigenvalue weighted by molar-refractivity contribution is 5.76. The Labute approximate surface area is 273 Å². The molecule has 10 nitrogen and oxygen atoms in total. The Hall–Kier alpha value is -0.850. The fourth-order valence-electron chi connectivity index (χ4n) is 5.96. The number of amides is 1. The summed E-state index contributed by atoms with van der Waals surface area (Å²) in [5.74, 6) is -0.263. The SMILES string of the molecule is CCCCCCCCCCCCC[C@@H](O)[C@@H](O)[C@H](CO[C@@H]1O[C@H](CO)[C@@H](O)C(O)C1O)NC(=O)CCCCCCCCCCC. The number of ether oxygens (including phenoxy) is 2. The number of aliphatic hydroxyl groups is 6. The molecular formula is C35H69NO9. The molecule has 1 rings (SSSR count). The molecule has 1 amide bonds. The van der Waals surface area contributed by atoms with Gasteiger partial charge in [0.2, 0.25) is 5.91 Å². The van der Waals surface area contributed by atoms with E-state index in [0.717, 1.165) is 51.4 Å². The van der Waals surface area contributed by atoms with Crippen LogP contribution in [0.1, 0.15) is 155 Å². The zero-order chi connectivity index (χ0) is 33.3. The summed E-state index contributed by atoms with van der Waals surface area (Å²) in [4.78, 5) is 12.8. The lowest BCUT2D eigenvalue weighted by atomic mass is 9.98. The van der Waals surface area contributed by atoms with Gasteiger partial charge >= 0.3 is 0 Å². The van der Waals surface area contributed by atoms with Crippen molar-refractivity contribution in [2.75, 3.05) is 13.2 Å². The molecule has 268 valence electrons. The van der Waals surface area contributed by atoms with Gasteiger partial charge in [-0.3, -0.25) is 4.79 Å². The van der Waals surface area contributed by atoms with Crippen molar-refractivity contribution in [2.24, 2.45) is 0 Å². The number of hydrogen-bond donors (Lipinski definition) is 7. The zero-order valence-corrected chi connectivity index (χ0v) is 28.5. The first-order valence-corrected chi connectivity index (χ1v) is 18.3. The monoisotopic (exact) mass is 647 g/mol. The lowest BCUT2D eigenvalue weighted by Gasteiger charge is -2.40. The normalized spacial score (nSPS) is 24.0. The molecule has 0 spiro atoms. The Balaban J connectivity index is 2.54. The maximum absolute atomic E-state index is 12.8. The molecule has 0 aromatic heterocycles. The van der Waals surface area contributed by atoms with Crippen LogP contribution in [0.15, 0.2) is 0 Å². The summed E-state index contributed by atoms with van der Waals surface area (Å²) in [7, 11) is 0. The highest BCUT2D eigenvalue weighted by Crippen LogP contribution is 2.23. The predicted molar refractivity (Wildman–Crippen MR) is 177 cm³/mol. The Morgan fingerprint density at radius 1 is 0.689 bits per heavy atom. The largest absolute Gasteiger partial charge is 0.394 e. The maximum Gasteiger partial charge on any atom is 0.220 e. The van der Waals surface area contributed by atoms with Gasteiger partial charge in [0.05, 0.1) is 25.4 Å². The summed E-state index contributed by atoms with van der Waals surface area (Å²) < 4.78 is 11.1. The molecule has 0 aromatic carbocycles. The average Bonchev–Trinajstić information content (AvgIpc) is 3.03. The third kappa shape index (κ3) is 18.9. The molecule has 0 saturated carbocycles. The topological polar surface area (TPSA) is 169 Å². The van der Waals surface area contributed by atoms with E-state index in [9.17, 15) is 35.4 Å². The van der Waals surface area contributed by atoms with E-state index in [-0.39, 0.29) is 18.9 Å². The first-order valence-electron chi connectivity index (χ1n) is 18.3. The third-order valence-electron chi connectivity index (χ3n) is 9.05. The second-order valence-corrected chi connectivity index (χ2v) is 13.2. The summed E-state index contributed by atoms with van der Waals surface area (Å²) in [6.07, 6.45) is 14.1. The molecule has 0 bridgehead atoms. The number of aliphatic hydroxyl groups excluding tert-OH is 6. The number of rotatable bonds is 29. The van der Waals surface area contributed by atoms with Crippen LogP contribution in [0.2, 0.25) is 0 Å². The third-order valence-corrected chi connectivity index (χ3v) is 9.05. The molecule has 0 aliphatic carbocycles. The van der Waals surface area contributed by atoms with Crippen molar-refractivity contribution in [2.45, 2.75) is 204 Å². The van der Waals surface area contributed by atoms with Crippen molar-refractivity contribution >= 4 is 5.91 Å². The summed E-state index contributed by atoms with van der Waals surface area (Å²) in [6, 6.07) is -0.980. The second-order valence-electron chi connectivity index (χ2n) is 13.2. The first-order chi connectivity index (χ1) is 21.8. The molecule has 0 radical (unpaired) electrons. The van der Waals surface area contributed by atoms with Gasteiger partial charge in [-0.25, -0.2) is 0 Å². The molecule has 10 heteroatoms. The molecule has 7 N–H and O–H groups in total. The fourth-order valence-corrected chi connectivity index (χ4v) is 5.96. The van der Waals surface area contributed by atoms with Gasteiger partial charge in [0.15, 0.2) is 6.29 Å². The zero-order valence-electron chi connectivity index (χ0n) is 28.5. The standard InChI is InChI=1S/C35H69NO9/c1-3-5-7-9-11-13-14-16-17-19-21-23-28(38)31(40)27(26-44-35-34(43)33(42)32(41)29(25-37)45-35)36-30(39)24-22-20-18-15-12-10-8-6-4-2/h27-29,31-35,37-38,40-43H,3-26H2,1-2H3,(H,36,39)/t27-,28+,29+,31-,32+,33?,34?,35+/m0/s1. The van der Waals surface area contributed by atoms with Gasteiger partial charge in [-0.05, 0) is 12.8 Å². The van der Waals surface area contributed by atoms with Crippen LogP contribution < -0.4 is 5.32 Å². The lowest BCUT2D eigenvalue weighted by molar-refractivity contribution is -0.303. The van der Waals surface area contributed by atoms with Gasteiger partial charge in [-0.1, -0.05) is 136 Å². The van der Waals surface area contributed by atoms with E-state index < -0.39 is 55.6 Å². The van der Waals surface area contributed by atoms with E-state index in [0.29, 0.717) is 6.42 Å². The minimum absolute atomic E-state index is 0.263. The van der Waals surface area contributed by atoms with Gasteiger partial charge in [0.25, 0.3) is 0 Å². The van der Waals surface area contributed by atoms with Crippen molar-refractivity contribution in [3.8, 4) is 0 Å². The van der Waals surface area contributed by atoms with E-state index in [2.05, 4.69) is 19.2 Å². The number of nitrogens with one attached hydrogen (secondary N) is 1. The smallest absolute Gasteiger partial charge is 0.220 e. The van der Waals surface area contributed by atoms with Gasteiger partial charge in [-0.2, -0.15) is 0 Å². The van der Waals surface area contributed by atoms with Crippen LogP contribution in [-0.2, 0) is 14.3 Å². The van der Waals surface area contributed by atoms with E-state index >= 15 is 0 Å². The molecule has 45 heavy (non-hydrogen) atoms. The number of carbonyl (C=O) groups is 1. The van der Waals surface area contributed by atoms with Crippen LogP contribution in [0.4, 0.5) is 0 Å². The molecule has 1 heterocycles. The minimum Gasteiger partial charge on any atom is -0.394 e. The van der Waals surface area contributed by atoms with Crippen LogP contribution >= 0.6 is 0 Å². The Morgan fingerprint density at radius 2 is 1.16 bits per heavy atom. The van der Waals surface area contributed by atoms with E-state index in [1.54, 1.807) is 0 Å². The summed E-state index contributed by atoms with van der Waals surface area (Å²) in [5.41, 5.74) is 0. The number of unbranched alkanes of at least 4 members (excludes halogenated alkanes) is 18. The van der Waals surface area contributed by atoms with Crippen molar-refractivity contribution in [3.63, 3.8) is 0 Å². The predicted octanol–water partition coefficient (Wildman–Crippen LogP) is 4.63. The lowest BCUT2D eigenvalue weighted by Crippen LogP contribution is -2.60. The molecule has 2 unspecified atom stereocenters. The summed E-state index contributed by atoms with van der Waals surface area (Å²) in [6.45, 7) is 3.53. The van der Waals surface area contributed by atoms with Crippen LogP contribution in [0.3, 0.4) is 0 Å². The molecule has 1 saturated heterocycles. The van der Waals surface area contributed by atoms with Gasteiger partial charge in [0.1, 0.15) is 30.5 Å². The van der Waals surface area contributed by atoms with Crippen LogP contribution in [0.25, 0.3) is 0 Å². The average molecular weight is 648 g/mol. The molecule has 1 fully saturated rings. The van der Waals surface area contributed by atoms with Gasteiger partial charge < -0.3 is 45.4 Å². The number of carbonyl (C=O) groups excluding carboxylic acids is 1. The van der Waals surface area contributed by atoms with Crippen LogP contribution in [0.5, 0.6) is 0 Å². The van der Waals surface area contributed by atoms with Crippen LogP contribution in [-0.4, -0.2) is 98.7 Å². The highest BCUT2D eigenvalue weighted by atomic mass is 16.7. The van der Waals surface area contributed by atoms with E-state index in [4.69, 9.17) is 9.47 Å².